The van der Waals surface area contributed by atoms with Gasteiger partial charge in [0.25, 0.3) is 0 Å². The molecule has 2 rings (SSSR count). The Morgan fingerprint density at radius 2 is 2.30 bits per heavy atom. The summed E-state index contributed by atoms with van der Waals surface area (Å²) in [4.78, 5) is 10.8. The van der Waals surface area contributed by atoms with Gasteiger partial charge in [0.05, 0.1) is 30.7 Å². The Kier molecular flexibility index (Phi) is 4.68. The first-order valence-corrected chi connectivity index (χ1v) is 6.30. The van der Waals surface area contributed by atoms with Crippen molar-refractivity contribution in [3.8, 4) is 6.07 Å². The molecule has 0 saturated heterocycles. The van der Waals surface area contributed by atoms with Crippen LogP contribution in [0, 0.1) is 11.3 Å². The van der Waals surface area contributed by atoms with Crippen molar-refractivity contribution in [2.45, 2.75) is 6.42 Å². The summed E-state index contributed by atoms with van der Waals surface area (Å²) in [5.74, 6) is 1.26. The van der Waals surface area contributed by atoms with E-state index >= 15 is 0 Å². The maximum atomic E-state index is 8.79. The van der Waals surface area contributed by atoms with Crippen LogP contribution < -0.4 is 10.2 Å². The zero-order chi connectivity index (χ0) is 14.4. The SMILES string of the molecule is CNc1nc(N(CCC#N)CCOC)c2cn[nH]c2n1. The highest BCUT2D eigenvalue weighted by Gasteiger charge is 2.15. The molecule has 2 aromatic heterocycles. The molecule has 0 atom stereocenters. The fraction of sp³-hybridized carbons (Fsp3) is 0.500. The molecule has 0 spiro atoms. The highest BCUT2D eigenvalue weighted by Crippen LogP contribution is 2.23. The van der Waals surface area contributed by atoms with Crippen molar-refractivity contribution in [1.82, 2.24) is 20.2 Å². The third-order valence-electron chi connectivity index (χ3n) is 2.87. The average Bonchev–Trinajstić information content (AvgIpc) is 2.95. The molecule has 0 aromatic carbocycles. The lowest BCUT2D eigenvalue weighted by molar-refractivity contribution is 0.205. The molecular weight excluding hydrogens is 258 g/mol. The zero-order valence-electron chi connectivity index (χ0n) is 11.6. The third-order valence-corrected chi connectivity index (χ3v) is 2.87. The summed E-state index contributed by atoms with van der Waals surface area (Å²) in [6.07, 6.45) is 2.11. The van der Waals surface area contributed by atoms with E-state index in [1.165, 1.54) is 0 Å². The summed E-state index contributed by atoms with van der Waals surface area (Å²) in [7, 11) is 3.41. The van der Waals surface area contributed by atoms with Crippen LogP contribution in [-0.2, 0) is 4.74 Å². The smallest absolute Gasteiger partial charge is 0.226 e. The van der Waals surface area contributed by atoms with Crippen LogP contribution in [0.2, 0.25) is 0 Å². The van der Waals surface area contributed by atoms with E-state index < -0.39 is 0 Å². The molecular formula is C12H17N7O. The number of fused-ring (bicyclic) bond motifs is 1. The van der Waals surface area contributed by atoms with Crippen LogP contribution in [0.3, 0.4) is 0 Å². The Bertz CT molecular complexity index is 603. The standard InChI is InChI=1S/C12H17N7O/c1-14-12-16-10-9(8-15-18-10)11(17-12)19(5-3-4-13)6-7-20-2/h8H,3,5-7H2,1-2H3,(H2,14,15,16,17,18). The van der Waals surface area contributed by atoms with Gasteiger partial charge in [-0.25, -0.2) is 0 Å². The van der Waals surface area contributed by atoms with Gasteiger partial charge in [-0.2, -0.15) is 20.3 Å². The molecule has 2 N–H and O–H groups in total. The molecule has 0 unspecified atom stereocenters. The molecule has 2 aromatic rings. The van der Waals surface area contributed by atoms with Gasteiger partial charge in [0, 0.05) is 27.2 Å². The number of methoxy groups -OCH3 is 1. The molecule has 8 nitrogen and oxygen atoms in total. The van der Waals surface area contributed by atoms with E-state index in [4.69, 9.17) is 10.00 Å². The molecule has 0 aliphatic carbocycles. The Morgan fingerprint density at radius 1 is 1.45 bits per heavy atom. The van der Waals surface area contributed by atoms with Crippen molar-refractivity contribution >= 4 is 22.8 Å². The van der Waals surface area contributed by atoms with Gasteiger partial charge in [0.1, 0.15) is 5.82 Å². The van der Waals surface area contributed by atoms with Crippen LogP contribution in [0.1, 0.15) is 6.42 Å². The second-order valence-corrected chi connectivity index (χ2v) is 4.14. The van der Waals surface area contributed by atoms with Crippen LogP contribution in [0.5, 0.6) is 0 Å². The molecule has 20 heavy (non-hydrogen) atoms. The molecule has 0 fully saturated rings. The third kappa shape index (κ3) is 2.95. The number of rotatable bonds is 7. The van der Waals surface area contributed by atoms with Crippen molar-refractivity contribution in [2.24, 2.45) is 0 Å². The summed E-state index contributed by atoms with van der Waals surface area (Å²) < 4.78 is 5.12. The first kappa shape index (κ1) is 14.0. The lowest BCUT2D eigenvalue weighted by atomic mass is 10.3. The summed E-state index contributed by atoms with van der Waals surface area (Å²) in [5, 5.41) is 19.4. The summed E-state index contributed by atoms with van der Waals surface area (Å²) in [6.45, 7) is 1.79. The number of nitriles is 1. The summed E-state index contributed by atoms with van der Waals surface area (Å²) in [5.41, 5.74) is 0.665. The largest absolute Gasteiger partial charge is 0.383 e. The molecule has 106 valence electrons. The Hall–Kier alpha value is -2.40. The second kappa shape index (κ2) is 6.68. The maximum absolute atomic E-state index is 8.79. The molecule has 8 heteroatoms. The van der Waals surface area contributed by atoms with Gasteiger partial charge in [-0.05, 0) is 0 Å². The zero-order valence-corrected chi connectivity index (χ0v) is 11.6. The fourth-order valence-electron chi connectivity index (χ4n) is 1.88. The van der Waals surface area contributed by atoms with E-state index in [1.807, 2.05) is 4.90 Å². The number of H-pyrrole nitrogens is 1. The predicted molar refractivity (Wildman–Crippen MR) is 75.5 cm³/mol. The molecule has 0 saturated carbocycles. The molecule has 0 aliphatic rings. The number of ether oxygens (including phenoxy) is 1. The number of nitrogens with one attached hydrogen (secondary N) is 2. The monoisotopic (exact) mass is 275 g/mol. The maximum Gasteiger partial charge on any atom is 0.226 e. The van der Waals surface area contributed by atoms with Crippen molar-refractivity contribution in [3.05, 3.63) is 6.20 Å². The van der Waals surface area contributed by atoms with Crippen LogP contribution in [0.25, 0.3) is 11.0 Å². The van der Waals surface area contributed by atoms with E-state index in [2.05, 4.69) is 31.6 Å². The van der Waals surface area contributed by atoms with Crippen molar-refractivity contribution in [2.75, 3.05) is 44.1 Å². The van der Waals surface area contributed by atoms with E-state index in [-0.39, 0.29) is 0 Å². The first-order chi connectivity index (χ1) is 9.80. The lowest BCUT2D eigenvalue weighted by Crippen LogP contribution is -2.29. The van der Waals surface area contributed by atoms with E-state index in [0.29, 0.717) is 37.7 Å². The van der Waals surface area contributed by atoms with Crippen molar-refractivity contribution in [1.29, 1.82) is 5.26 Å². The second-order valence-electron chi connectivity index (χ2n) is 4.14. The van der Waals surface area contributed by atoms with Crippen LogP contribution in [-0.4, -0.2) is 54.0 Å². The van der Waals surface area contributed by atoms with Gasteiger partial charge in [0.15, 0.2) is 5.65 Å². The molecule has 0 amide bonds. The Balaban J connectivity index is 2.39. The van der Waals surface area contributed by atoms with Crippen LogP contribution in [0.4, 0.5) is 11.8 Å². The topological polar surface area (TPSA) is 103 Å². The lowest BCUT2D eigenvalue weighted by Gasteiger charge is -2.23. The predicted octanol–water partition coefficient (Wildman–Crippen LogP) is 0.761. The normalized spacial score (nSPS) is 10.4. The summed E-state index contributed by atoms with van der Waals surface area (Å²) in [6, 6.07) is 2.15. The fourth-order valence-corrected chi connectivity index (χ4v) is 1.88. The minimum Gasteiger partial charge on any atom is -0.383 e. The molecule has 0 radical (unpaired) electrons. The number of hydrogen-bond acceptors (Lipinski definition) is 7. The highest BCUT2D eigenvalue weighted by atomic mass is 16.5. The van der Waals surface area contributed by atoms with Gasteiger partial charge < -0.3 is 15.0 Å². The number of anilines is 2. The quantitative estimate of drug-likeness (QED) is 0.769. The number of aromatic amines is 1. The molecule has 2 heterocycles. The molecule has 0 bridgehead atoms. The van der Waals surface area contributed by atoms with E-state index in [0.717, 1.165) is 11.2 Å². The minimum atomic E-state index is 0.419. The van der Waals surface area contributed by atoms with Gasteiger partial charge in [-0.1, -0.05) is 0 Å². The Morgan fingerprint density at radius 3 is 3.00 bits per heavy atom. The first-order valence-electron chi connectivity index (χ1n) is 6.30. The van der Waals surface area contributed by atoms with Gasteiger partial charge in [0.2, 0.25) is 5.95 Å². The van der Waals surface area contributed by atoms with Gasteiger partial charge in [-0.15, -0.1) is 0 Å². The van der Waals surface area contributed by atoms with Crippen molar-refractivity contribution in [3.63, 3.8) is 0 Å². The highest BCUT2D eigenvalue weighted by molar-refractivity contribution is 5.87. The molecule has 0 aliphatic heterocycles. The number of aromatic nitrogens is 4. The minimum absolute atomic E-state index is 0.419. The van der Waals surface area contributed by atoms with E-state index in [1.54, 1.807) is 20.4 Å². The van der Waals surface area contributed by atoms with Gasteiger partial charge in [-0.3, -0.25) is 5.10 Å². The summed E-state index contributed by atoms with van der Waals surface area (Å²) >= 11 is 0. The van der Waals surface area contributed by atoms with E-state index in [9.17, 15) is 0 Å². The van der Waals surface area contributed by atoms with Gasteiger partial charge >= 0.3 is 0 Å². The van der Waals surface area contributed by atoms with Crippen LogP contribution >= 0.6 is 0 Å². The van der Waals surface area contributed by atoms with Crippen LogP contribution in [0.15, 0.2) is 6.20 Å². The Labute approximate surface area is 116 Å². The average molecular weight is 275 g/mol. The van der Waals surface area contributed by atoms with Crippen molar-refractivity contribution < 1.29 is 4.74 Å². The number of nitrogens with zero attached hydrogens (tertiary/aromatic N) is 5. The number of hydrogen-bond donors (Lipinski definition) is 2.